The number of morpholine rings is 1. The number of ether oxygens (including phenoxy) is 1. The molecule has 2 aliphatic heterocycles. The van der Waals surface area contributed by atoms with Gasteiger partial charge in [-0.05, 0) is 12.1 Å². The fourth-order valence-electron chi connectivity index (χ4n) is 4.03. The van der Waals surface area contributed by atoms with Crippen molar-refractivity contribution in [2.75, 3.05) is 38.2 Å². The molecule has 31 heavy (non-hydrogen) atoms. The maximum atomic E-state index is 13.9. The van der Waals surface area contributed by atoms with Gasteiger partial charge in [0.1, 0.15) is 11.6 Å². The molecule has 0 radical (unpaired) electrons. The van der Waals surface area contributed by atoms with Crippen LogP contribution in [-0.4, -0.2) is 64.4 Å². The molecular formula is C21H25F2N5O3. The van der Waals surface area contributed by atoms with E-state index >= 15 is 0 Å². The number of carbonyl (C=O) groups is 2. The van der Waals surface area contributed by atoms with Crippen LogP contribution in [0.2, 0.25) is 0 Å². The summed E-state index contributed by atoms with van der Waals surface area (Å²) in [6.07, 6.45) is 1.41. The predicted molar refractivity (Wildman–Crippen MR) is 108 cm³/mol. The summed E-state index contributed by atoms with van der Waals surface area (Å²) < 4.78 is 34.4. The molecule has 0 atom stereocenters. The summed E-state index contributed by atoms with van der Waals surface area (Å²) >= 11 is 0. The Morgan fingerprint density at radius 2 is 1.94 bits per heavy atom. The van der Waals surface area contributed by atoms with Crippen LogP contribution < -0.4 is 5.32 Å². The summed E-state index contributed by atoms with van der Waals surface area (Å²) in [7, 11) is 1.85. The molecule has 1 N–H and O–H groups in total. The van der Waals surface area contributed by atoms with Crippen molar-refractivity contribution in [3.8, 4) is 0 Å². The molecule has 4 rings (SSSR count). The van der Waals surface area contributed by atoms with Gasteiger partial charge in [-0.3, -0.25) is 9.48 Å². The van der Waals surface area contributed by atoms with Gasteiger partial charge >= 0.3 is 6.03 Å². The first-order valence-corrected chi connectivity index (χ1v) is 10.3. The Bertz CT molecular complexity index is 988. The highest BCUT2D eigenvalue weighted by Gasteiger charge is 2.28. The van der Waals surface area contributed by atoms with Crippen LogP contribution in [0.15, 0.2) is 18.2 Å². The SMILES string of the molecule is Cn1nc(CCC(=O)N2CCOCC2)c2c1CCN(C(=O)Nc1cc(F)ccc1F)C2. The van der Waals surface area contributed by atoms with E-state index in [-0.39, 0.29) is 11.6 Å². The molecule has 0 spiro atoms. The number of urea groups is 1. The Balaban J connectivity index is 1.42. The molecule has 1 fully saturated rings. The van der Waals surface area contributed by atoms with E-state index in [2.05, 4.69) is 10.4 Å². The van der Waals surface area contributed by atoms with Crippen molar-refractivity contribution >= 4 is 17.6 Å². The van der Waals surface area contributed by atoms with E-state index in [0.717, 1.165) is 35.2 Å². The maximum Gasteiger partial charge on any atom is 0.322 e. The third kappa shape index (κ3) is 4.68. The monoisotopic (exact) mass is 433 g/mol. The summed E-state index contributed by atoms with van der Waals surface area (Å²) in [6, 6.07) is 2.42. The van der Waals surface area contributed by atoms with Gasteiger partial charge in [-0.1, -0.05) is 0 Å². The second kappa shape index (κ2) is 9.01. The first kappa shape index (κ1) is 21.2. The third-order valence-corrected chi connectivity index (χ3v) is 5.72. The van der Waals surface area contributed by atoms with Crippen LogP contribution >= 0.6 is 0 Å². The number of nitrogens with zero attached hydrogens (tertiary/aromatic N) is 4. The Labute approximate surface area is 178 Å². The number of hydrogen-bond donors (Lipinski definition) is 1. The van der Waals surface area contributed by atoms with Gasteiger partial charge in [0.15, 0.2) is 0 Å². The second-order valence-corrected chi connectivity index (χ2v) is 7.71. The van der Waals surface area contributed by atoms with Crippen LogP contribution in [-0.2, 0) is 36.0 Å². The van der Waals surface area contributed by atoms with Gasteiger partial charge in [-0.2, -0.15) is 5.10 Å². The molecule has 0 aliphatic carbocycles. The number of aryl methyl sites for hydroxylation is 2. The first-order valence-electron chi connectivity index (χ1n) is 10.3. The third-order valence-electron chi connectivity index (χ3n) is 5.72. The molecule has 0 bridgehead atoms. The largest absolute Gasteiger partial charge is 0.378 e. The van der Waals surface area contributed by atoms with Gasteiger partial charge in [0.2, 0.25) is 5.91 Å². The zero-order valence-electron chi connectivity index (χ0n) is 17.4. The first-order chi connectivity index (χ1) is 14.9. The van der Waals surface area contributed by atoms with Crippen molar-refractivity contribution in [3.05, 3.63) is 46.8 Å². The molecule has 10 heteroatoms. The molecule has 0 saturated carbocycles. The lowest BCUT2D eigenvalue weighted by Crippen LogP contribution is -2.41. The summed E-state index contributed by atoms with van der Waals surface area (Å²) in [5.74, 6) is -1.26. The van der Waals surface area contributed by atoms with E-state index < -0.39 is 17.7 Å². The summed E-state index contributed by atoms with van der Waals surface area (Å²) in [6.45, 7) is 3.05. The zero-order valence-corrected chi connectivity index (χ0v) is 17.4. The molecule has 0 unspecified atom stereocenters. The Kier molecular flexibility index (Phi) is 6.17. The number of amides is 3. The molecule has 2 aromatic rings. The van der Waals surface area contributed by atoms with Crippen molar-refractivity contribution in [2.24, 2.45) is 7.05 Å². The number of halogens is 2. The van der Waals surface area contributed by atoms with Gasteiger partial charge in [-0.15, -0.1) is 0 Å². The Hall–Kier alpha value is -3.01. The molecule has 166 valence electrons. The molecule has 1 saturated heterocycles. The summed E-state index contributed by atoms with van der Waals surface area (Å²) in [4.78, 5) is 28.5. The van der Waals surface area contributed by atoms with E-state index in [4.69, 9.17) is 4.74 Å². The lowest BCUT2D eigenvalue weighted by atomic mass is 10.0. The van der Waals surface area contributed by atoms with Crippen molar-refractivity contribution in [3.63, 3.8) is 0 Å². The molecule has 1 aromatic carbocycles. The number of hydrogen-bond acceptors (Lipinski definition) is 4. The van der Waals surface area contributed by atoms with E-state index in [1.165, 1.54) is 0 Å². The lowest BCUT2D eigenvalue weighted by molar-refractivity contribution is -0.135. The number of anilines is 1. The van der Waals surface area contributed by atoms with Crippen molar-refractivity contribution in [1.29, 1.82) is 0 Å². The normalized spacial score (nSPS) is 16.2. The molecule has 8 nitrogen and oxygen atoms in total. The van der Waals surface area contributed by atoms with E-state index in [9.17, 15) is 18.4 Å². The van der Waals surface area contributed by atoms with Crippen LogP contribution in [0.4, 0.5) is 19.3 Å². The van der Waals surface area contributed by atoms with E-state index in [0.29, 0.717) is 58.7 Å². The minimum Gasteiger partial charge on any atom is -0.378 e. The maximum absolute atomic E-state index is 13.9. The number of carbonyl (C=O) groups excluding carboxylic acids is 2. The number of benzene rings is 1. The number of fused-ring (bicyclic) bond motifs is 1. The van der Waals surface area contributed by atoms with Crippen LogP contribution in [0.1, 0.15) is 23.4 Å². The highest BCUT2D eigenvalue weighted by Crippen LogP contribution is 2.24. The molecule has 2 aliphatic rings. The molecule has 3 heterocycles. The fourth-order valence-corrected chi connectivity index (χ4v) is 4.03. The summed E-state index contributed by atoms with van der Waals surface area (Å²) in [5.41, 5.74) is 2.53. The van der Waals surface area contributed by atoms with Gasteiger partial charge < -0.3 is 19.9 Å². The minimum absolute atomic E-state index is 0.0645. The van der Waals surface area contributed by atoms with Gasteiger partial charge in [0.25, 0.3) is 0 Å². The van der Waals surface area contributed by atoms with Crippen LogP contribution in [0, 0.1) is 11.6 Å². The summed E-state index contributed by atoms with van der Waals surface area (Å²) in [5, 5.41) is 7.01. The van der Waals surface area contributed by atoms with Gasteiger partial charge in [-0.25, -0.2) is 13.6 Å². The van der Waals surface area contributed by atoms with Crippen LogP contribution in [0.3, 0.4) is 0 Å². The highest BCUT2D eigenvalue weighted by atomic mass is 19.1. The molecule has 1 aromatic heterocycles. The average molecular weight is 433 g/mol. The number of nitrogens with one attached hydrogen (secondary N) is 1. The number of aromatic nitrogens is 2. The zero-order chi connectivity index (χ0) is 22.0. The Morgan fingerprint density at radius 1 is 1.16 bits per heavy atom. The molecule has 3 amide bonds. The average Bonchev–Trinajstić information content (AvgIpc) is 3.10. The van der Waals surface area contributed by atoms with Crippen molar-refractivity contribution in [2.45, 2.75) is 25.8 Å². The highest BCUT2D eigenvalue weighted by molar-refractivity contribution is 5.89. The van der Waals surface area contributed by atoms with E-state index in [1.807, 2.05) is 7.05 Å². The van der Waals surface area contributed by atoms with Crippen LogP contribution in [0.25, 0.3) is 0 Å². The standard InChI is InChI=1S/C21H25F2N5O3/c1-26-19-6-7-28(21(30)24-18-12-14(22)2-3-16(18)23)13-15(19)17(25-26)4-5-20(29)27-8-10-31-11-9-27/h2-3,12H,4-11,13H2,1H3,(H,24,30). The van der Waals surface area contributed by atoms with Crippen LogP contribution in [0.5, 0.6) is 0 Å². The van der Waals surface area contributed by atoms with Crippen molar-refractivity contribution in [1.82, 2.24) is 19.6 Å². The van der Waals surface area contributed by atoms with Gasteiger partial charge in [0, 0.05) is 63.3 Å². The number of rotatable bonds is 4. The lowest BCUT2D eigenvalue weighted by Gasteiger charge is -2.28. The minimum atomic E-state index is -0.698. The fraction of sp³-hybridized carbons (Fsp3) is 0.476. The topological polar surface area (TPSA) is 79.7 Å². The smallest absolute Gasteiger partial charge is 0.322 e. The van der Waals surface area contributed by atoms with Gasteiger partial charge in [0.05, 0.1) is 31.1 Å². The molecular weight excluding hydrogens is 408 g/mol. The second-order valence-electron chi connectivity index (χ2n) is 7.71. The quantitative estimate of drug-likeness (QED) is 0.801. The predicted octanol–water partition coefficient (Wildman–Crippen LogP) is 2.08. The van der Waals surface area contributed by atoms with Crippen molar-refractivity contribution < 1.29 is 23.1 Å². The van der Waals surface area contributed by atoms with E-state index in [1.54, 1.807) is 14.5 Å². The Morgan fingerprint density at radius 3 is 2.71 bits per heavy atom.